The highest BCUT2D eigenvalue weighted by molar-refractivity contribution is 5.76. The molecule has 0 radical (unpaired) electrons. The Morgan fingerprint density at radius 1 is 1.40 bits per heavy atom. The van der Waals surface area contributed by atoms with Gasteiger partial charge in [0.2, 0.25) is 5.91 Å². The first-order valence-electron chi connectivity index (χ1n) is 7.62. The van der Waals surface area contributed by atoms with Gasteiger partial charge in [-0.3, -0.25) is 4.79 Å². The number of fused-ring (bicyclic) bond motifs is 1. The zero-order valence-electron chi connectivity index (χ0n) is 12.4. The SMILES string of the molecule is CNC(=O)CC1CC2(CCCC2)Oc2ccc(C)cc21. The fraction of sp³-hybridized carbons (Fsp3) is 0.588. The number of amides is 1. The van der Waals surface area contributed by atoms with E-state index in [4.69, 9.17) is 4.74 Å². The number of carbonyl (C=O) groups excluding carboxylic acids is 1. The summed E-state index contributed by atoms with van der Waals surface area (Å²) in [5, 5.41) is 2.76. The van der Waals surface area contributed by atoms with Crippen molar-refractivity contribution >= 4 is 5.91 Å². The molecule has 20 heavy (non-hydrogen) atoms. The Kier molecular flexibility index (Phi) is 3.45. The third-order valence-corrected chi connectivity index (χ3v) is 4.78. The van der Waals surface area contributed by atoms with E-state index in [0.717, 1.165) is 25.0 Å². The summed E-state index contributed by atoms with van der Waals surface area (Å²) in [7, 11) is 1.71. The number of benzene rings is 1. The van der Waals surface area contributed by atoms with Gasteiger partial charge in [-0.1, -0.05) is 17.7 Å². The Morgan fingerprint density at radius 3 is 2.85 bits per heavy atom. The molecule has 1 amide bonds. The minimum atomic E-state index is -0.0130. The van der Waals surface area contributed by atoms with E-state index in [1.807, 2.05) is 0 Å². The molecule has 0 bridgehead atoms. The van der Waals surface area contributed by atoms with Crippen LogP contribution in [0.1, 0.15) is 55.6 Å². The molecule has 1 unspecified atom stereocenters. The van der Waals surface area contributed by atoms with Crippen LogP contribution in [0.5, 0.6) is 5.75 Å². The summed E-state index contributed by atoms with van der Waals surface area (Å²) in [6, 6.07) is 6.37. The average molecular weight is 273 g/mol. The quantitative estimate of drug-likeness (QED) is 0.897. The van der Waals surface area contributed by atoms with Crippen LogP contribution in [0, 0.1) is 6.92 Å². The molecule has 0 aromatic heterocycles. The van der Waals surface area contributed by atoms with E-state index in [1.165, 1.54) is 24.0 Å². The van der Waals surface area contributed by atoms with Crippen LogP contribution in [0.25, 0.3) is 0 Å². The fourth-order valence-electron chi connectivity index (χ4n) is 3.75. The highest BCUT2D eigenvalue weighted by Crippen LogP contribution is 2.49. The molecule has 2 aliphatic rings. The molecule has 1 aromatic carbocycles. The van der Waals surface area contributed by atoms with Gasteiger partial charge in [0.1, 0.15) is 11.4 Å². The highest BCUT2D eigenvalue weighted by atomic mass is 16.5. The maximum Gasteiger partial charge on any atom is 0.220 e. The molecular formula is C17H23NO2. The van der Waals surface area contributed by atoms with Crippen molar-refractivity contribution < 1.29 is 9.53 Å². The number of carbonyl (C=O) groups is 1. The van der Waals surface area contributed by atoms with Gasteiger partial charge in [-0.15, -0.1) is 0 Å². The van der Waals surface area contributed by atoms with E-state index in [2.05, 4.69) is 30.4 Å². The molecule has 3 heteroatoms. The molecule has 1 aliphatic carbocycles. The molecule has 0 saturated heterocycles. The lowest BCUT2D eigenvalue weighted by Gasteiger charge is -2.40. The Labute approximate surface area is 120 Å². The zero-order chi connectivity index (χ0) is 14.2. The van der Waals surface area contributed by atoms with Gasteiger partial charge in [-0.25, -0.2) is 0 Å². The average Bonchev–Trinajstić information content (AvgIpc) is 2.87. The van der Waals surface area contributed by atoms with Gasteiger partial charge in [0.25, 0.3) is 0 Å². The summed E-state index contributed by atoms with van der Waals surface area (Å²) in [6.07, 6.45) is 6.30. The Bertz CT molecular complexity index is 518. The van der Waals surface area contributed by atoms with Crippen LogP contribution < -0.4 is 10.1 Å². The number of hydrogen-bond acceptors (Lipinski definition) is 2. The second-order valence-corrected chi connectivity index (χ2v) is 6.31. The largest absolute Gasteiger partial charge is 0.487 e. The van der Waals surface area contributed by atoms with Crippen molar-refractivity contribution in [2.75, 3.05) is 7.05 Å². The van der Waals surface area contributed by atoms with Crippen molar-refractivity contribution in [3.05, 3.63) is 29.3 Å². The molecule has 108 valence electrons. The van der Waals surface area contributed by atoms with Gasteiger partial charge in [-0.05, 0) is 50.7 Å². The topological polar surface area (TPSA) is 38.3 Å². The molecule has 1 spiro atoms. The smallest absolute Gasteiger partial charge is 0.220 e. The van der Waals surface area contributed by atoms with Crippen molar-refractivity contribution in [1.29, 1.82) is 0 Å². The molecule has 1 fully saturated rings. The van der Waals surface area contributed by atoms with Gasteiger partial charge in [0, 0.05) is 19.4 Å². The van der Waals surface area contributed by atoms with E-state index in [0.29, 0.717) is 6.42 Å². The summed E-state index contributed by atoms with van der Waals surface area (Å²) in [6.45, 7) is 2.09. The third-order valence-electron chi connectivity index (χ3n) is 4.78. The molecule has 3 nitrogen and oxygen atoms in total. The van der Waals surface area contributed by atoms with Gasteiger partial charge >= 0.3 is 0 Å². The molecule has 1 aliphatic heterocycles. The van der Waals surface area contributed by atoms with Gasteiger partial charge in [0.15, 0.2) is 0 Å². The van der Waals surface area contributed by atoms with Crippen molar-refractivity contribution in [3.8, 4) is 5.75 Å². The van der Waals surface area contributed by atoms with Crippen molar-refractivity contribution in [2.45, 2.75) is 57.0 Å². The normalized spacial score (nSPS) is 23.2. The minimum Gasteiger partial charge on any atom is -0.487 e. The van der Waals surface area contributed by atoms with Gasteiger partial charge in [-0.2, -0.15) is 0 Å². The molecule has 1 aromatic rings. The fourth-order valence-corrected chi connectivity index (χ4v) is 3.75. The predicted octanol–water partition coefficient (Wildman–Crippen LogP) is 3.31. The number of hydrogen-bond donors (Lipinski definition) is 1. The lowest BCUT2D eigenvalue weighted by atomic mass is 9.79. The monoisotopic (exact) mass is 273 g/mol. The zero-order valence-corrected chi connectivity index (χ0v) is 12.4. The molecule has 1 atom stereocenters. The van der Waals surface area contributed by atoms with Crippen molar-refractivity contribution in [2.24, 2.45) is 0 Å². The maximum atomic E-state index is 11.8. The number of ether oxygens (including phenoxy) is 1. The third kappa shape index (κ3) is 2.41. The maximum absolute atomic E-state index is 11.8. The van der Waals surface area contributed by atoms with Crippen LogP contribution in [0.2, 0.25) is 0 Å². The Hall–Kier alpha value is -1.51. The van der Waals surface area contributed by atoms with E-state index in [-0.39, 0.29) is 17.4 Å². The van der Waals surface area contributed by atoms with Gasteiger partial charge < -0.3 is 10.1 Å². The highest BCUT2D eigenvalue weighted by Gasteiger charge is 2.43. The number of aryl methyl sites for hydroxylation is 1. The van der Waals surface area contributed by atoms with Crippen LogP contribution in [0.3, 0.4) is 0 Å². The summed E-state index contributed by atoms with van der Waals surface area (Å²) >= 11 is 0. The van der Waals surface area contributed by atoms with Gasteiger partial charge in [0.05, 0.1) is 0 Å². The minimum absolute atomic E-state index is 0.0130. The second kappa shape index (κ2) is 5.12. The molecule has 1 N–H and O–H groups in total. The molecular weight excluding hydrogens is 250 g/mol. The molecule has 1 heterocycles. The predicted molar refractivity (Wildman–Crippen MR) is 79.0 cm³/mol. The van der Waals surface area contributed by atoms with E-state index in [1.54, 1.807) is 7.05 Å². The second-order valence-electron chi connectivity index (χ2n) is 6.31. The van der Waals surface area contributed by atoms with Crippen molar-refractivity contribution in [1.82, 2.24) is 5.32 Å². The van der Waals surface area contributed by atoms with Crippen LogP contribution in [-0.4, -0.2) is 18.6 Å². The lowest BCUT2D eigenvalue weighted by molar-refractivity contribution is -0.121. The van der Waals surface area contributed by atoms with E-state index >= 15 is 0 Å². The summed E-state index contributed by atoms with van der Waals surface area (Å²) in [5.41, 5.74) is 2.43. The molecule has 1 saturated carbocycles. The molecule has 3 rings (SSSR count). The number of nitrogens with one attached hydrogen (secondary N) is 1. The van der Waals surface area contributed by atoms with E-state index in [9.17, 15) is 4.79 Å². The summed E-state index contributed by atoms with van der Waals surface area (Å²) < 4.78 is 6.35. The first kappa shape index (κ1) is 13.5. The van der Waals surface area contributed by atoms with Crippen LogP contribution in [0.15, 0.2) is 18.2 Å². The standard InChI is InChI=1S/C17H23NO2/c1-12-5-6-15-14(9-12)13(10-16(19)18-2)11-17(20-15)7-3-4-8-17/h5-6,9,13H,3-4,7-8,10-11H2,1-2H3,(H,18,19). The van der Waals surface area contributed by atoms with Crippen LogP contribution in [-0.2, 0) is 4.79 Å². The van der Waals surface area contributed by atoms with Crippen LogP contribution >= 0.6 is 0 Å². The lowest BCUT2D eigenvalue weighted by Crippen LogP contribution is -2.39. The Balaban J connectivity index is 1.94. The van der Waals surface area contributed by atoms with E-state index < -0.39 is 0 Å². The Morgan fingerprint density at radius 2 is 2.15 bits per heavy atom. The first-order chi connectivity index (χ1) is 9.62. The number of rotatable bonds is 2. The summed E-state index contributed by atoms with van der Waals surface area (Å²) in [4.78, 5) is 11.8. The van der Waals surface area contributed by atoms with Crippen LogP contribution in [0.4, 0.5) is 0 Å². The van der Waals surface area contributed by atoms with Crippen molar-refractivity contribution in [3.63, 3.8) is 0 Å². The first-order valence-corrected chi connectivity index (χ1v) is 7.62. The summed E-state index contributed by atoms with van der Waals surface area (Å²) in [5.74, 6) is 1.41.